The number of carbonyl (C=O) groups excluding carboxylic acids is 2. The lowest BCUT2D eigenvalue weighted by Crippen LogP contribution is -2.32. The number of nitrogens with one attached hydrogen (secondary N) is 1. The van der Waals surface area contributed by atoms with Crippen LogP contribution < -0.4 is 11.1 Å². The lowest BCUT2D eigenvalue weighted by molar-refractivity contribution is -0.142. The molecule has 0 spiro atoms. The average molecular weight is 422 g/mol. The molecule has 0 bridgehead atoms. The maximum atomic E-state index is 11.8. The van der Waals surface area contributed by atoms with E-state index in [2.05, 4.69) is 32.6 Å². The van der Waals surface area contributed by atoms with Crippen LogP contribution in [-0.2, 0) is 14.3 Å². The largest absolute Gasteiger partial charge is 0.468 e. The Labute approximate surface area is 142 Å². The van der Waals surface area contributed by atoms with Gasteiger partial charge in [0.25, 0.3) is 0 Å². The van der Waals surface area contributed by atoms with Gasteiger partial charge in [0.05, 0.1) is 12.9 Å². The highest BCUT2D eigenvalue weighted by Crippen LogP contribution is 2.18. The summed E-state index contributed by atoms with van der Waals surface area (Å²) >= 11 is 3.68. The van der Waals surface area contributed by atoms with Gasteiger partial charge < -0.3 is 15.8 Å². The minimum atomic E-state index is -0.621. The predicted octanol–water partition coefficient (Wildman–Crippen LogP) is 2.16. The van der Waals surface area contributed by atoms with Gasteiger partial charge in [0.2, 0.25) is 5.91 Å². The summed E-state index contributed by atoms with van der Waals surface area (Å²) in [4.78, 5) is 22.9. The number of nitrogens with two attached hydrogens (primary N) is 1. The lowest BCUT2D eigenvalue weighted by Gasteiger charge is -2.10. The van der Waals surface area contributed by atoms with Crippen LogP contribution in [0.4, 0.5) is 5.69 Å². The Morgan fingerprint density at radius 2 is 2.19 bits per heavy atom. The fourth-order valence-electron chi connectivity index (χ4n) is 1.60. The topological polar surface area (TPSA) is 81.4 Å². The molecule has 0 aliphatic rings. The van der Waals surface area contributed by atoms with E-state index in [4.69, 9.17) is 5.73 Å². The van der Waals surface area contributed by atoms with Gasteiger partial charge in [-0.2, -0.15) is 11.8 Å². The predicted molar refractivity (Wildman–Crippen MR) is 94.5 cm³/mol. The van der Waals surface area contributed by atoms with E-state index >= 15 is 0 Å². The minimum Gasteiger partial charge on any atom is -0.468 e. The highest BCUT2D eigenvalue weighted by molar-refractivity contribution is 14.1. The Kier molecular flexibility index (Phi) is 8.05. The number of thioether (sulfide) groups is 1. The van der Waals surface area contributed by atoms with Crippen molar-refractivity contribution in [3.05, 3.63) is 27.3 Å². The number of halogens is 1. The van der Waals surface area contributed by atoms with E-state index in [1.165, 1.54) is 18.9 Å². The van der Waals surface area contributed by atoms with Crippen LogP contribution >= 0.6 is 34.4 Å². The summed E-state index contributed by atoms with van der Waals surface area (Å²) in [5, 5.41) is 2.87. The number of amides is 1. The van der Waals surface area contributed by atoms with Crippen molar-refractivity contribution < 1.29 is 14.3 Å². The van der Waals surface area contributed by atoms with Crippen LogP contribution in [0.25, 0.3) is 0 Å². The second-order valence-electron chi connectivity index (χ2n) is 4.48. The maximum Gasteiger partial charge on any atom is 0.322 e. The first-order chi connectivity index (χ1) is 9.93. The highest BCUT2D eigenvalue weighted by Gasteiger charge is 2.13. The molecule has 0 radical (unpaired) electrons. The molecule has 7 heteroatoms. The first-order valence-corrected chi connectivity index (χ1v) is 8.64. The molecule has 0 aliphatic carbocycles. The molecule has 1 rings (SSSR count). The summed E-state index contributed by atoms with van der Waals surface area (Å²) in [6, 6.07) is 5.24. The number of carbonyl (C=O) groups is 2. The molecule has 1 atom stereocenters. The fraction of sp³-hybridized carbons (Fsp3) is 0.429. The number of hydrogen-bond donors (Lipinski definition) is 2. The molecule has 0 saturated carbocycles. The van der Waals surface area contributed by atoms with E-state index in [9.17, 15) is 9.59 Å². The van der Waals surface area contributed by atoms with Gasteiger partial charge >= 0.3 is 5.97 Å². The van der Waals surface area contributed by atoms with Crippen LogP contribution in [0.5, 0.6) is 0 Å². The summed E-state index contributed by atoms with van der Waals surface area (Å²) < 4.78 is 5.67. The van der Waals surface area contributed by atoms with Crippen molar-refractivity contribution >= 4 is 51.9 Å². The normalized spacial score (nSPS) is 11.8. The molecule has 1 aromatic rings. The Hall–Kier alpha value is -0.800. The van der Waals surface area contributed by atoms with Crippen molar-refractivity contribution in [3.8, 4) is 0 Å². The van der Waals surface area contributed by atoms with Crippen molar-refractivity contribution in [1.82, 2.24) is 0 Å². The van der Waals surface area contributed by atoms with Gasteiger partial charge in [-0.1, -0.05) is 0 Å². The number of ether oxygens (including phenoxy) is 1. The van der Waals surface area contributed by atoms with Crippen molar-refractivity contribution in [2.24, 2.45) is 5.73 Å². The molecule has 0 heterocycles. The summed E-state index contributed by atoms with van der Waals surface area (Å²) in [7, 11) is 1.31. The van der Waals surface area contributed by atoms with Gasteiger partial charge in [-0.25, -0.2) is 0 Å². The second kappa shape index (κ2) is 9.26. The molecule has 0 saturated heterocycles. The zero-order chi connectivity index (χ0) is 15.8. The van der Waals surface area contributed by atoms with E-state index in [-0.39, 0.29) is 5.91 Å². The molecule has 1 amide bonds. The number of esters is 1. The number of anilines is 1. The van der Waals surface area contributed by atoms with Crippen LogP contribution in [0.3, 0.4) is 0 Å². The molecule has 0 aliphatic heterocycles. The zero-order valence-corrected chi connectivity index (χ0v) is 15.0. The van der Waals surface area contributed by atoms with Crippen molar-refractivity contribution in [1.29, 1.82) is 0 Å². The van der Waals surface area contributed by atoms with Crippen molar-refractivity contribution in [3.63, 3.8) is 0 Å². The van der Waals surface area contributed by atoms with E-state index in [1.54, 1.807) is 0 Å². The molecular weight excluding hydrogens is 403 g/mol. The Balaban J connectivity index is 2.30. The molecule has 1 unspecified atom stereocenters. The van der Waals surface area contributed by atoms with Gasteiger partial charge in [0.15, 0.2) is 0 Å². The first kappa shape index (κ1) is 18.2. The number of methoxy groups -OCH3 is 1. The third kappa shape index (κ3) is 6.66. The van der Waals surface area contributed by atoms with Gasteiger partial charge in [-0.3, -0.25) is 9.59 Å². The molecule has 0 aromatic heterocycles. The molecule has 3 N–H and O–H groups in total. The molecule has 21 heavy (non-hydrogen) atoms. The third-order valence-electron chi connectivity index (χ3n) is 2.77. The smallest absolute Gasteiger partial charge is 0.322 e. The van der Waals surface area contributed by atoms with Gasteiger partial charge in [-0.05, 0) is 65.5 Å². The molecule has 116 valence electrons. The van der Waals surface area contributed by atoms with E-state index in [0.29, 0.717) is 17.9 Å². The van der Waals surface area contributed by atoms with Crippen LogP contribution in [0.2, 0.25) is 0 Å². The van der Waals surface area contributed by atoms with Crippen LogP contribution in [0.1, 0.15) is 12.0 Å². The lowest BCUT2D eigenvalue weighted by atomic mass is 10.2. The highest BCUT2D eigenvalue weighted by atomic mass is 127. The quantitative estimate of drug-likeness (QED) is 0.400. The summed E-state index contributed by atoms with van der Waals surface area (Å²) in [6.45, 7) is 1.96. The first-order valence-electron chi connectivity index (χ1n) is 6.41. The molecule has 0 fully saturated rings. The summed E-state index contributed by atoms with van der Waals surface area (Å²) in [5.41, 5.74) is 7.47. The van der Waals surface area contributed by atoms with E-state index in [0.717, 1.165) is 14.8 Å². The number of aryl methyl sites for hydroxylation is 1. The number of benzene rings is 1. The van der Waals surface area contributed by atoms with E-state index < -0.39 is 12.0 Å². The average Bonchev–Trinajstić information content (AvgIpc) is 2.45. The third-order valence-corrected chi connectivity index (χ3v) is 4.43. The molecular formula is C14H19IN2O3S. The SMILES string of the molecule is COC(=O)C(N)CCSCC(=O)Nc1ccc(I)cc1C. The zero-order valence-electron chi connectivity index (χ0n) is 12.0. The van der Waals surface area contributed by atoms with Gasteiger partial charge in [0, 0.05) is 9.26 Å². The number of hydrogen-bond acceptors (Lipinski definition) is 5. The van der Waals surface area contributed by atoms with Crippen molar-refractivity contribution in [2.75, 3.05) is 23.9 Å². The Morgan fingerprint density at radius 1 is 1.48 bits per heavy atom. The monoisotopic (exact) mass is 422 g/mol. The Bertz CT molecular complexity index is 511. The second-order valence-corrected chi connectivity index (χ2v) is 6.83. The summed E-state index contributed by atoms with van der Waals surface area (Å²) in [5.74, 6) is 0.486. The van der Waals surface area contributed by atoms with Crippen LogP contribution in [0.15, 0.2) is 18.2 Å². The summed E-state index contributed by atoms with van der Waals surface area (Å²) in [6.07, 6.45) is 0.493. The molecule has 1 aromatic carbocycles. The fourth-order valence-corrected chi connectivity index (χ4v) is 3.07. The van der Waals surface area contributed by atoms with Crippen LogP contribution in [-0.4, -0.2) is 36.5 Å². The Morgan fingerprint density at radius 3 is 2.81 bits per heavy atom. The van der Waals surface area contributed by atoms with Gasteiger partial charge in [0.1, 0.15) is 6.04 Å². The van der Waals surface area contributed by atoms with Crippen molar-refractivity contribution in [2.45, 2.75) is 19.4 Å². The maximum absolute atomic E-state index is 11.8. The number of rotatable bonds is 7. The molecule has 5 nitrogen and oxygen atoms in total. The van der Waals surface area contributed by atoms with Gasteiger partial charge in [-0.15, -0.1) is 0 Å². The minimum absolute atomic E-state index is 0.0593. The van der Waals surface area contributed by atoms with Crippen LogP contribution in [0, 0.1) is 10.5 Å². The van der Waals surface area contributed by atoms with E-state index in [1.807, 2.05) is 25.1 Å². The standard InChI is InChI=1S/C14H19IN2O3S/c1-9-7-10(15)3-4-12(9)17-13(18)8-21-6-5-11(16)14(19)20-2/h3-4,7,11H,5-6,8,16H2,1-2H3,(H,17,18).